The molecule has 0 aliphatic rings. The number of hydrogen-bond acceptors (Lipinski definition) is 3. The Morgan fingerprint density at radius 1 is 1.21 bits per heavy atom. The number of benzene rings is 1. The van der Waals surface area contributed by atoms with Crippen molar-refractivity contribution in [3.8, 4) is 5.75 Å². The zero-order valence-electron chi connectivity index (χ0n) is 11.2. The first-order chi connectivity index (χ1) is 9.10. The summed E-state index contributed by atoms with van der Waals surface area (Å²) in [5.74, 6) is 0.963. The molecule has 0 fully saturated rings. The molecule has 0 saturated heterocycles. The van der Waals surface area contributed by atoms with Gasteiger partial charge in [-0.05, 0) is 55.6 Å². The highest BCUT2D eigenvalue weighted by atomic mass is 35.5. The molecular weight excluding hydrogens is 278 g/mol. The Hall–Kier alpha value is -1.03. The lowest BCUT2D eigenvalue weighted by Crippen LogP contribution is -2.04. The van der Waals surface area contributed by atoms with Gasteiger partial charge in [-0.3, -0.25) is 0 Å². The van der Waals surface area contributed by atoms with Crippen LogP contribution in [0.4, 0.5) is 0 Å². The fourth-order valence-corrected chi connectivity index (χ4v) is 3.15. The third-order valence-corrected chi connectivity index (χ3v) is 4.15. The van der Waals surface area contributed by atoms with Gasteiger partial charge in [0, 0.05) is 4.88 Å². The van der Waals surface area contributed by atoms with Crippen LogP contribution in [0.1, 0.15) is 21.6 Å². The Morgan fingerprint density at radius 3 is 2.42 bits per heavy atom. The summed E-state index contributed by atoms with van der Waals surface area (Å²) in [5, 5.41) is 0. The van der Waals surface area contributed by atoms with Crippen molar-refractivity contribution in [2.75, 3.05) is 6.54 Å². The van der Waals surface area contributed by atoms with Crippen molar-refractivity contribution in [1.29, 1.82) is 0 Å². The number of nitrogens with two attached hydrogens (primary N) is 1. The summed E-state index contributed by atoms with van der Waals surface area (Å²) >= 11 is 7.47. The fourth-order valence-electron chi connectivity index (χ4n) is 2.15. The molecule has 102 valence electrons. The van der Waals surface area contributed by atoms with E-state index in [2.05, 4.69) is 26.0 Å². The second-order valence-electron chi connectivity index (χ2n) is 4.59. The SMILES string of the molecule is Cc1cc(CCN)cc(C)c1OCc1ccc(Cl)s1. The van der Waals surface area contributed by atoms with E-state index in [9.17, 15) is 0 Å². The van der Waals surface area contributed by atoms with Gasteiger partial charge in [0.15, 0.2) is 0 Å². The van der Waals surface area contributed by atoms with Crippen LogP contribution in [0.2, 0.25) is 4.34 Å². The summed E-state index contributed by atoms with van der Waals surface area (Å²) in [6.45, 7) is 5.38. The van der Waals surface area contributed by atoms with Crippen molar-refractivity contribution in [1.82, 2.24) is 0 Å². The van der Waals surface area contributed by atoms with E-state index in [0.717, 1.165) is 32.5 Å². The van der Waals surface area contributed by atoms with Gasteiger partial charge in [0.1, 0.15) is 12.4 Å². The predicted octanol–water partition coefficient (Wildman–Crippen LogP) is 4.10. The van der Waals surface area contributed by atoms with Gasteiger partial charge >= 0.3 is 0 Å². The monoisotopic (exact) mass is 295 g/mol. The number of aryl methyl sites for hydroxylation is 2. The summed E-state index contributed by atoms with van der Waals surface area (Å²) in [6.07, 6.45) is 0.905. The van der Waals surface area contributed by atoms with Gasteiger partial charge in [-0.2, -0.15) is 0 Å². The van der Waals surface area contributed by atoms with Gasteiger partial charge in [0.05, 0.1) is 4.34 Å². The fraction of sp³-hybridized carbons (Fsp3) is 0.333. The third kappa shape index (κ3) is 3.72. The van der Waals surface area contributed by atoms with Gasteiger partial charge in [-0.15, -0.1) is 11.3 Å². The molecule has 1 heterocycles. The smallest absolute Gasteiger partial charge is 0.125 e. The van der Waals surface area contributed by atoms with Crippen LogP contribution in [0.15, 0.2) is 24.3 Å². The van der Waals surface area contributed by atoms with E-state index in [-0.39, 0.29) is 0 Å². The number of rotatable bonds is 5. The number of hydrogen-bond donors (Lipinski definition) is 1. The Labute approximate surface area is 123 Å². The Bertz CT molecular complexity index is 542. The molecule has 0 saturated carbocycles. The van der Waals surface area contributed by atoms with Crippen molar-refractivity contribution >= 4 is 22.9 Å². The predicted molar refractivity (Wildman–Crippen MR) is 82.3 cm³/mol. The van der Waals surface area contributed by atoms with Crippen LogP contribution in [0.5, 0.6) is 5.75 Å². The van der Waals surface area contributed by atoms with Crippen molar-refractivity contribution in [2.24, 2.45) is 5.73 Å². The molecule has 0 unspecified atom stereocenters. The summed E-state index contributed by atoms with van der Waals surface area (Å²) in [5.41, 5.74) is 9.18. The molecule has 0 aliphatic heterocycles. The van der Waals surface area contributed by atoms with Crippen molar-refractivity contribution in [2.45, 2.75) is 26.9 Å². The molecule has 0 atom stereocenters. The molecule has 1 aromatic heterocycles. The molecule has 0 aliphatic carbocycles. The lowest BCUT2D eigenvalue weighted by atomic mass is 10.0. The minimum atomic E-state index is 0.565. The maximum absolute atomic E-state index is 5.92. The minimum Gasteiger partial charge on any atom is -0.488 e. The standard InChI is InChI=1S/C15H18ClNOS/c1-10-7-12(5-6-17)8-11(2)15(10)18-9-13-3-4-14(16)19-13/h3-4,7-8H,5-6,9,17H2,1-2H3. The van der Waals surface area contributed by atoms with Crippen LogP contribution in [-0.2, 0) is 13.0 Å². The highest BCUT2D eigenvalue weighted by molar-refractivity contribution is 7.16. The van der Waals surface area contributed by atoms with Gasteiger partial charge in [-0.1, -0.05) is 23.7 Å². The largest absolute Gasteiger partial charge is 0.488 e. The molecule has 0 radical (unpaired) electrons. The highest BCUT2D eigenvalue weighted by Gasteiger charge is 2.07. The Balaban J connectivity index is 2.11. The second-order valence-corrected chi connectivity index (χ2v) is 6.39. The minimum absolute atomic E-state index is 0.565. The van der Waals surface area contributed by atoms with Gasteiger partial charge in [0.2, 0.25) is 0 Å². The normalized spacial score (nSPS) is 10.7. The topological polar surface area (TPSA) is 35.2 Å². The van der Waals surface area contributed by atoms with Crippen LogP contribution in [0, 0.1) is 13.8 Å². The maximum Gasteiger partial charge on any atom is 0.125 e. The molecule has 4 heteroatoms. The summed E-state index contributed by atoms with van der Waals surface area (Å²) in [6, 6.07) is 8.20. The first-order valence-corrected chi connectivity index (χ1v) is 7.47. The first kappa shape index (κ1) is 14.4. The molecule has 2 nitrogen and oxygen atoms in total. The van der Waals surface area contributed by atoms with Gasteiger partial charge in [0.25, 0.3) is 0 Å². The van der Waals surface area contributed by atoms with E-state index in [1.165, 1.54) is 5.56 Å². The molecule has 2 aromatic rings. The van der Waals surface area contributed by atoms with Crippen molar-refractivity contribution in [3.05, 3.63) is 50.2 Å². The van der Waals surface area contributed by atoms with Crippen molar-refractivity contribution < 1.29 is 4.74 Å². The van der Waals surface area contributed by atoms with Gasteiger partial charge in [-0.25, -0.2) is 0 Å². The zero-order valence-corrected chi connectivity index (χ0v) is 12.8. The Kier molecular flexibility index (Phi) is 4.86. The van der Waals surface area contributed by atoms with Crippen LogP contribution in [-0.4, -0.2) is 6.54 Å². The molecule has 19 heavy (non-hydrogen) atoms. The van der Waals surface area contributed by atoms with E-state index >= 15 is 0 Å². The Morgan fingerprint density at radius 2 is 1.89 bits per heavy atom. The quantitative estimate of drug-likeness (QED) is 0.901. The van der Waals surface area contributed by atoms with Crippen LogP contribution < -0.4 is 10.5 Å². The molecule has 0 bridgehead atoms. The molecule has 0 spiro atoms. The zero-order chi connectivity index (χ0) is 13.8. The molecule has 2 rings (SSSR count). The van der Waals surface area contributed by atoms with E-state index in [4.69, 9.17) is 22.1 Å². The van der Waals surface area contributed by atoms with Crippen LogP contribution >= 0.6 is 22.9 Å². The summed E-state index contributed by atoms with van der Waals surface area (Å²) in [4.78, 5) is 1.13. The summed E-state index contributed by atoms with van der Waals surface area (Å²) in [7, 11) is 0. The second kappa shape index (κ2) is 6.42. The lowest BCUT2D eigenvalue weighted by molar-refractivity contribution is 0.305. The maximum atomic E-state index is 5.92. The average molecular weight is 296 g/mol. The summed E-state index contributed by atoms with van der Waals surface area (Å²) < 4.78 is 6.72. The molecular formula is C15H18ClNOS. The number of halogens is 1. The molecule has 0 amide bonds. The van der Waals surface area contributed by atoms with Gasteiger partial charge < -0.3 is 10.5 Å². The third-order valence-electron chi connectivity index (χ3n) is 2.94. The van der Waals surface area contributed by atoms with E-state index in [1.54, 1.807) is 11.3 Å². The van der Waals surface area contributed by atoms with E-state index in [0.29, 0.717) is 13.2 Å². The number of thiophene rings is 1. The van der Waals surface area contributed by atoms with Crippen molar-refractivity contribution in [3.63, 3.8) is 0 Å². The van der Waals surface area contributed by atoms with Crippen LogP contribution in [0.25, 0.3) is 0 Å². The molecule has 1 aromatic carbocycles. The first-order valence-electron chi connectivity index (χ1n) is 6.27. The molecule has 2 N–H and O–H groups in total. The number of ether oxygens (including phenoxy) is 1. The van der Waals surface area contributed by atoms with Crippen LogP contribution in [0.3, 0.4) is 0 Å². The van der Waals surface area contributed by atoms with E-state index in [1.807, 2.05) is 12.1 Å². The van der Waals surface area contributed by atoms with E-state index < -0.39 is 0 Å². The lowest BCUT2D eigenvalue weighted by Gasteiger charge is -2.13. The highest BCUT2D eigenvalue weighted by Crippen LogP contribution is 2.28. The average Bonchev–Trinajstić information content (AvgIpc) is 2.74.